The fourth-order valence-corrected chi connectivity index (χ4v) is 5.44. The van der Waals surface area contributed by atoms with E-state index >= 15 is 0 Å². The van der Waals surface area contributed by atoms with E-state index in [2.05, 4.69) is 31.0 Å². The summed E-state index contributed by atoms with van der Waals surface area (Å²) in [7, 11) is 0. The maximum atomic E-state index is 13.4. The molecular weight excluding hydrogens is 428 g/mol. The van der Waals surface area contributed by atoms with Gasteiger partial charge in [0.2, 0.25) is 0 Å². The Morgan fingerprint density at radius 3 is 2.61 bits per heavy atom. The molecular formula is C24H24N2O3S2. The quantitative estimate of drug-likeness (QED) is 0.550. The van der Waals surface area contributed by atoms with E-state index in [0.29, 0.717) is 26.5 Å². The number of hydrogen-bond acceptors (Lipinski definition) is 6. The molecule has 160 valence electrons. The molecule has 0 spiro atoms. The van der Waals surface area contributed by atoms with E-state index in [0.717, 1.165) is 10.4 Å². The van der Waals surface area contributed by atoms with Crippen LogP contribution in [-0.4, -0.2) is 17.1 Å². The van der Waals surface area contributed by atoms with Crippen molar-refractivity contribution >= 4 is 34.7 Å². The molecule has 31 heavy (non-hydrogen) atoms. The van der Waals surface area contributed by atoms with Crippen LogP contribution in [-0.2, 0) is 9.53 Å². The molecule has 0 fully saturated rings. The first-order valence-corrected chi connectivity index (χ1v) is 11.9. The van der Waals surface area contributed by atoms with E-state index < -0.39 is 12.0 Å². The number of ether oxygens (including phenoxy) is 1. The van der Waals surface area contributed by atoms with Crippen LogP contribution in [0.5, 0.6) is 0 Å². The topological polar surface area (TPSA) is 60.7 Å². The van der Waals surface area contributed by atoms with Crippen molar-refractivity contribution in [2.75, 3.05) is 6.61 Å². The van der Waals surface area contributed by atoms with Gasteiger partial charge in [0.05, 0.1) is 28.5 Å². The lowest BCUT2D eigenvalue weighted by Crippen LogP contribution is -2.39. The first kappa shape index (κ1) is 21.5. The molecule has 2 aromatic heterocycles. The average Bonchev–Trinajstić information content (AvgIpc) is 3.35. The Balaban J connectivity index is 1.94. The number of esters is 1. The van der Waals surface area contributed by atoms with Gasteiger partial charge in [0.15, 0.2) is 4.80 Å². The van der Waals surface area contributed by atoms with Crippen molar-refractivity contribution in [3.05, 3.63) is 88.7 Å². The first-order valence-electron chi connectivity index (χ1n) is 10.2. The zero-order valence-corrected chi connectivity index (χ0v) is 19.5. The van der Waals surface area contributed by atoms with Gasteiger partial charge in [-0.15, -0.1) is 11.3 Å². The highest BCUT2D eigenvalue weighted by Gasteiger charge is 2.33. The highest BCUT2D eigenvalue weighted by molar-refractivity contribution is 7.11. The highest BCUT2D eigenvalue weighted by Crippen LogP contribution is 2.31. The number of allylic oxidation sites excluding steroid dienone is 1. The van der Waals surface area contributed by atoms with Crippen molar-refractivity contribution < 1.29 is 9.53 Å². The molecule has 4 rings (SSSR count). The molecule has 7 heteroatoms. The second-order valence-corrected chi connectivity index (χ2v) is 9.63. The van der Waals surface area contributed by atoms with Gasteiger partial charge >= 0.3 is 5.97 Å². The largest absolute Gasteiger partial charge is 0.463 e. The smallest absolute Gasteiger partial charge is 0.338 e. The molecule has 1 atom stereocenters. The summed E-state index contributed by atoms with van der Waals surface area (Å²) in [5, 5.41) is 1.98. The lowest BCUT2D eigenvalue weighted by molar-refractivity contribution is -0.139. The molecule has 5 nitrogen and oxygen atoms in total. The van der Waals surface area contributed by atoms with Crippen LogP contribution in [0.2, 0.25) is 0 Å². The number of carbonyl (C=O) groups excluding carboxylic acids is 1. The maximum absolute atomic E-state index is 13.4. The number of nitrogens with zero attached hydrogens (tertiary/aromatic N) is 2. The Hall–Kier alpha value is -2.77. The molecule has 0 saturated carbocycles. The van der Waals surface area contributed by atoms with Crippen LogP contribution < -0.4 is 14.9 Å². The number of hydrogen-bond donors (Lipinski definition) is 0. The molecule has 0 bridgehead atoms. The second-order valence-electron chi connectivity index (χ2n) is 7.64. The van der Waals surface area contributed by atoms with Crippen molar-refractivity contribution in [2.24, 2.45) is 4.99 Å². The third kappa shape index (κ3) is 4.07. The van der Waals surface area contributed by atoms with E-state index in [-0.39, 0.29) is 12.2 Å². The molecule has 0 amide bonds. The molecule has 0 N–H and O–H groups in total. The summed E-state index contributed by atoms with van der Waals surface area (Å²) >= 11 is 2.92. The number of aromatic nitrogens is 1. The number of rotatable bonds is 5. The summed E-state index contributed by atoms with van der Waals surface area (Å²) in [5.74, 6) is -0.0436. The molecule has 0 aliphatic carbocycles. The fraction of sp³-hybridized carbons (Fsp3) is 0.292. The van der Waals surface area contributed by atoms with Crippen LogP contribution in [0.3, 0.4) is 0 Å². The van der Waals surface area contributed by atoms with Gasteiger partial charge in [-0.05, 0) is 48.4 Å². The summed E-state index contributed by atoms with van der Waals surface area (Å²) in [6.07, 6.45) is 1.89. The predicted octanol–water partition coefficient (Wildman–Crippen LogP) is 3.98. The Kier molecular flexibility index (Phi) is 6.07. The van der Waals surface area contributed by atoms with Crippen molar-refractivity contribution in [3.63, 3.8) is 0 Å². The lowest BCUT2D eigenvalue weighted by atomic mass is 9.93. The van der Waals surface area contributed by atoms with Crippen molar-refractivity contribution in [2.45, 2.75) is 39.7 Å². The normalized spacial score (nSPS) is 16.4. The van der Waals surface area contributed by atoms with E-state index in [1.165, 1.54) is 16.9 Å². The number of benzene rings is 1. The Labute approximate surface area is 188 Å². The van der Waals surface area contributed by atoms with E-state index in [1.807, 2.05) is 35.7 Å². The molecule has 1 aliphatic rings. The van der Waals surface area contributed by atoms with Crippen LogP contribution in [0.4, 0.5) is 0 Å². The van der Waals surface area contributed by atoms with E-state index in [4.69, 9.17) is 4.74 Å². The van der Waals surface area contributed by atoms with Gasteiger partial charge in [0.1, 0.15) is 0 Å². The maximum Gasteiger partial charge on any atom is 0.338 e. The van der Waals surface area contributed by atoms with Crippen LogP contribution >= 0.6 is 22.7 Å². The van der Waals surface area contributed by atoms with Gasteiger partial charge in [-0.25, -0.2) is 9.79 Å². The van der Waals surface area contributed by atoms with Crippen molar-refractivity contribution in [1.82, 2.24) is 4.57 Å². The second kappa shape index (κ2) is 8.77. The third-order valence-electron chi connectivity index (χ3n) is 5.25. The number of fused-ring (bicyclic) bond motifs is 1. The fourth-order valence-electron chi connectivity index (χ4n) is 3.67. The Morgan fingerprint density at radius 2 is 2.00 bits per heavy atom. The molecule has 1 unspecified atom stereocenters. The molecule has 0 saturated heterocycles. The van der Waals surface area contributed by atoms with Gasteiger partial charge in [-0.2, -0.15) is 0 Å². The van der Waals surface area contributed by atoms with Crippen molar-refractivity contribution in [1.29, 1.82) is 0 Å². The van der Waals surface area contributed by atoms with Crippen molar-refractivity contribution in [3.8, 4) is 0 Å². The number of thiophene rings is 1. The summed E-state index contributed by atoms with van der Waals surface area (Å²) in [4.78, 5) is 32.5. The molecule has 1 aliphatic heterocycles. The van der Waals surface area contributed by atoms with Gasteiger partial charge in [-0.3, -0.25) is 9.36 Å². The number of thiazole rings is 1. The molecule has 3 heterocycles. The summed E-state index contributed by atoms with van der Waals surface area (Å²) in [6.45, 7) is 8.11. The predicted molar refractivity (Wildman–Crippen MR) is 125 cm³/mol. The monoisotopic (exact) mass is 452 g/mol. The summed E-state index contributed by atoms with van der Waals surface area (Å²) in [5.41, 5.74) is 2.91. The summed E-state index contributed by atoms with van der Waals surface area (Å²) < 4.78 is 7.57. The van der Waals surface area contributed by atoms with Gasteiger partial charge in [0.25, 0.3) is 5.56 Å². The Bertz CT molecular complexity index is 1310. The van der Waals surface area contributed by atoms with Gasteiger partial charge in [0, 0.05) is 4.88 Å². The van der Waals surface area contributed by atoms with Crippen LogP contribution in [0.1, 0.15) is 55.7 Å². The SMILES string of the molecule is CCOC(=O)C1=C(C)N=c2s/c(=C\c3cccs3)c(=O)n2C1c1ccc(C(C)C)cc1. The highest BCUT2D eigenvalue weighted by atomic mass is 32.1. The van der Waals surface area contributed by atoms with E-state index in [9.17, 15) is 9.59 Å². The van der Waals surface area contributed by atoms with Gasteiger partial charge in [-0.1, -0.05) is 55.5 Å². The number of carbonyl (C=O) groups is 1. The standard InChI is InChI=1S/C24H24N2O3S2/c1-5-29-23(28)20-15(4)25-24-26(21(20)17-10-8-16(9-11-17)14(2)3)22(27)19(31-24)13-18-7-6-12-30-18/h6-14,21H,5H2,1-4H3/b19-13-. The lowest BCUT2D eigenvalue weighted by Gasteiger charge is -2.25. The van der Waals surface area contributed by atoms with Crippen LogP contribution in [0.25, 0.3) is 6.08 Å². The minimum absolute atomic E-state index is 0.149. The average molecular weight is 453 g/mol. The minimum atomic E-state index is -0.568. The van der Waals surface area contributed by atoms with Crippen LogP contribution in [0.15, 0.2) is 62.8 Å². The molecule has 0 radical (unpaired) electrons. The Morgan fingerprint density at radius 1 is 1.26 bits per heavy atom. The first-order chi connectivity index (χ1) is 14.9. The molecule has 1 aromatic carbocycles. The molecule has 3 aromatic rings. The minimum Gasteiger partial charge on any atom is -0.463 e. The third-order valence-corrected chi connectivity index (χ3v) is 7.05. The zero-order valence-electron chi connectivity index (χ0n) is 17.9. The zero-order chi connectivity index (χ0) is 22.1. The van der Waals surface area contributed by atoms with Crippen LogP contribution in [0, 0.1) is 0 Å². The van der Waals surface area contributed by atoms with E-state index in [1.54, 1.807) is 29.8 Å². The summed E-state index contributed by atoms with van der Waals surface area (Å²) in [6, 6.07) is 11.5. The van der Waals surface area contributed by atoms with Gasteiger partial charge < -0.3 is 4.74 Å².